The van der Waals surface area contributed by atoms with Crippen LogP contribution in [-0.4, -0.2) is 17.5 Å². The predicted molar refractivity (Wildman–Crippen MR) is 85.4 cm³/mol. The number of nitrogens with zero attached hydrogens (tertiary/aromatic N) is 1. The van der Waals surface area contributed by atoms with Gasteiger partial charge < -0.3 is 5.32 Å². The van der Waals surface area contributed by atoms with Gasteiger partial charge in [0.1, 0.15) is 0 Å². The standard InChI is InChI=1S/C16H23N3O2/c1-5-15(20)17-14-8-6-13(7-9-14)16(21)19-18-12(4)10-11(2)3/h6-9,11H,5,10H2,1-4H3,(H,17,20)(H,19,21)/b18-12+. The van der Waals surface area contributed by atoms with Crippen LogP contribution in [0.4, 0.5) is 5.69 Å². The summed E-state index contributed by atoms with van der Waals surface area (Å²) >= 11 is 0. The molecule has 0 aliphatic rings. The average molecular weight is 289 g/mol. The van der Waals surface area contributed by atoms with Gasteiger partial charge >= 0.3 is 0 Å². The topological polar surface area (TPSA) is 70.6 Å². The van der Waals surface area contributed by atoms with Crippen molar-refractivity contribution in [2.45, 2.75) is 40.5 Å². The lowest BCUT2D eigenvalue weighted by Gasteiger charge is -2.06. The molecule has 0 heterocycles. The van der Waals surface area contributed by atoms with E-state index in [9.17, 15) is 9.59 Å². The van der Waals surface area contributed by atoms with E-state index >= 15 is 0 Å². The van der Waals surface area contributed by atoms with Crippen LogP contribution in [-0.2, 0) is 4.79 Å². The molecule has 1 rings (SSSR count). The number of carbonyl (C=O) groups excluding carboxylic acids is 2. The Balaban J connectivity index is 2.61. The van der Waals surface area contributed by atoms with Crippen molar-refractivity contribution >= 4 is 23.2 Å². The Kier molecular flexibility index (Phi) is 6.59. The number of amides is 2. The number of hydrazone groups is 1. The van der Waals surface area contributed by atoms with Crippen molar-refractivity contribution in [1.29, 1.82) is 0 Å². The van der Waals surface area contributed by atoms with Gasteiger partial charge in [0.05, 0.1) is 0 Å². The summed E-state index contributed by atoms with van der Waals surface area (Å²) in [5.41, 5.74) is 4.61. The van der Waals surface area contributed by atoms with Crippen LogP contribution in [0.15, 0.2) is 29.4 Å². The zero-order valence-electron chi connectivity index (χ0n) is 13.1. The second-order valence-corrected chi connectivity index (χ2v) is 5.37. The van der Waals surface area contributed by atoms with E-state index in [2.05, 4.69) is 29.7 Å². The Hall–Kier alpha value is -2.17. The molecule has 0 unspecified atom stereocenters. The molecule has 1 aromatic rings. The molecular formula is C16H23N3O2. The van der Waals surface area contributed by atoms with Crippen molar-refractivity contribution in [3.05, 3.63) is 29.8 Å². The van der Waals surface area contributed by atoms with Gasteiger partial charge in [0.15, 0.2) is 0 Å². The highest BCUT2D eigenvalue weighted by Crippen LogP contribution is 2.10. The molecule has 2 amide bonds. The zero-order chi connectivity index (χ0) is 15.8. The Bertz CT molecular complexity index is 519. The first-order chi connectivity index (χ1) is 9.92. The molecule has 0 spiro atoms. The molecular weight excluding hydrogens is 266 g/mol. The van der Waals surface area contributed by atoms with E-state index in [0.717, 1.165) is 12.1 Å². The van der Waals surface area contributed by atoms with Crippen LogP contribution in [0.5, 0.6) is 0 Å². The van der Waals surface area contributed by atoms with E-state index in [1.165, 1.54) is 0 Å². The van der Waals surface area contributed by atoms with Crippen LogP contribution in [0.1, 0.15) is 50.9 Å². The van der Waals surface area contributed by atoms with E-state index in [4.69, 9.17) is 0 Å². The molecule has 2 N–H and O–H groups in total. The van der Waals surface area contributed by atoms with Gasteiger partial charge in [0.25, 0.3) is 5.91 Å². The maximum Gasteiger partial charge on any atom is 0.271 e. The second-order valence-electron chi connectivity index (χ2n) is 5.37. The number of benzene rings is 1. The summed E-state index contributed by atoms with van der Waals surface area (Å²) in [6.07, 6.45) is 1.27. The van der Waals surface area contributed by atoms with Gasteiger partial charge in [-0.1, -0.05) is 20.8 Å². The average Bonchev–Trinajstić information content (AvgIpc) is 2.44. The van der Waals surface area contributed by atoms with Gasteiger partial charge in [0.2, 0.25) is 5.91 Å². The fraction of sp³-hybridized carbons (Fsp3) is 0.438. The van der Waals surface area contributed by atoms with Gasteiger partial charge in [0, 0.05) is 23.4 Å². The first kappa shape index (κ1) is 16.9. The zero-order valence-corrected chi connectivity index (χ0v) is 13.1. The quantitative estimate of drug-likeness (QED) is 0.623. The molecule has 5 nitrogen and oxygen atoms in total. The van der Waals surface area contributed by atoms with Crippen LogP contribution >= 0.6 is 0 Å². The third kappa shape index (κ3) is 6.21. The first-order valence-electron chi connectivity index (χ1n) is 7.15. The number of anilines is 1. The third-order valence-corrected chi connectivity index (χ3v) is 2.80. The van der Waals surface area contributed by atoms with Crippen molar-refractivity contribution in [1.82, 2.24) is 5.43 Å². The lowest BCUT2D eigenvalue weighted by Crippen LogP contribution is -2.19. The molecule has 21 heavy (non-hydrogen) atoms. The number of carbonyl (C=O) groups is 2. The number of rotatable bonds is 6. The van der Waals surface area contributed by atoms with Crippen LogP contribution in [0.3, 0.4) is 0 Å². The van der Waals surface area contributed by atoms with Crippen LogP contribution in [0.25, 0.3) is 0 Å². The molecule has 0 aliphatic heterocycles. The molecule has 0 atom stereocenters. The van der Waals surface area contributed by atoms with E-state index in [0.29, 0.717) is 23.6 Å². The van der Waals surface area contributed by atoms with Crippen molar-refractivity contribution in [2.75, 3.05) is 5.32 Å². The summed E-state index contributed by atoms with van der Waals surface area (Å²) in [5.74, 6) is 0.194. The molecule has 0 saturated heterocycles. The minimum absolute atomic E-state index is 0.0545. The maximum absolute atomic E-state index is 11.9. The lowest BCUT2D eigenvalue weighted by atomic mass is 10.1. The van der Waals surface area contributed by atoms with Gasteiger partial charge in [-0.2, -0.15) is 5.10 Å². The third-order valence-electron chi connectivity index (χ3n) is 2.80. The van der Waals surface area contributed by atoms with E-state index in [1.807, 2.05) is 6.92 Å². The van der Waals surface area contributed by atoms with Gasteiger partial charge in [-0.05, 0) is 43.5 Å². The van der Waals surface area contributed by atoms with Crippen molar-refractivity contribution in [3.63, 3.8) is 0 Å². The molecule has 0 radical (unpaired) electrons. The minimum atomic E-state index is -0.258. The molecule has 114 valence electrons. The Labute approximate surface area is 125 Å². The van der Waals surface area contributed by atoms with Gasteiger partial charge in [-0.25, -0.2) is 5.43 Å². The summed E-state index contributed by atoms with van der Waals surface area (Å²) in [6.45, 7) is 7.88. The van der Waals surface area contributed by atoms with Gasteiger partial charge in [-0.3, -0.25) is 9.59 Å². The largest absolute Gasteiger partial charge is 0.326 e. The summed E-state index contributed by atoms with van der Waals surface area (Å²) < 4.78 is 0. The van der Waals surface area contributed by atoms with E-state index in [1.54, 1.807) is 31.2 Å². The van der Waals surface area contributed by atoms with Crippen molar-refractivity contribution in [2.24, 2.45) is 11.0 Å². The fourth-order valence-corrected chi connectivity index (χ4v) is 1.80. The molecule has 0 fully saturated rings. The van der Waals surface area contributed by atoms with Crippen LogP contribution in [0, 0.1) is 5.92 Å². The van der Waals surface area contributed by atoms with E-state index in [-0.39, 0.29) is 11.8 Å². The molecule has 0 bridgehead atoms. The van der Waals surface area contributed by atoms with Crippen molar-refractivity contribution < 1.29 is 9.59 Å². The summed E-state index contributed by atoms with van der Waals surface area (Å²) in [7, 11) is 0. The molecule has 0 aromatic heterocycles. The van der Waals surface area contributed by atoms with E-state index < -0.39 is 0 Å². The number of nitrogens with one attached hydrogen (secondary N) is 2. The molecule has 1 aromatic carbocycles. The highest BCUT2D eigenvalue weighted by atomic mass is 16.2. The summed E-state index contributed by atoms with van der Waals surface area (Å²) in [5, 5.41) is 6.80. The Morgan fingerprint density at radius 1 is 1.19 bits per heavy atom. The molecule has 5 heteroatoms. The second kappa shape index (κ2) is 8.19. The minimum Gasteiger partial charge on any atom is -0.326 e. The SMILES string of the molecule is CCC(=O)Nc1ccc(C(=O)N/N=C(\C)CC(C)C)cc1. The first-order valence-corrected chi connectivity index (χ1v) is 7.15. The highest BCUT2D eigenvalue weighted by Gasteiger charge is 2.06. The monoisotopic (exact) mass is 289 g/mol. The van der Waals surface area contributed by atoms with Crippen LogP contribution < -0.4 is 10.7 Å². The number of hydrogen-bond acceptors (Lipinski definition) is 3. The fourth-order valence-electron chi connectivity index (χ4n) is 1.80. The Morgan fingerprint density at radius 3 is 2.33 bits per heavy atom. The van der Waals surface area contributed by atoms with Crippen LogP contribution in [0.2, 0.25) is 0 Å². The normalized spacial score (nSPS) is 11.4. The highest BCUT2D eigenvalue weighted by molar-refractivity contribution is 5.96. The Morgan fingerprint density at radius 2 is 1.81 bits per heavy atom. The maximum atomic E-state index is 11.9. The van der Waals surface area contributed by atoms with Gasteiger partial charge in [-0.15, -0.1) is 0 Å². The smallest absolute Gasteiger partial charge is 0.271 e. The summed E-state index contributed by atoms with van der Waals surface area (Å²) in [6, 6.07) is 6.72. The van der Waals surface area contributed by atoms with Crippen molar-refractivity contribution in [3.8, 4) is 0 Å². The predicted octanol–water partition coefficient (Wildman–Crippen LogP) is 3.19. The lowest BCUT2D eigenvalue weighted by molar-refractivity contribution is -0.115. The molecule has 0 aliphatic carbocycles. The summed E-state index contributed by atoms with van der Waals surface area (Å²) in [4.78, 5) is 23.2. The number of hydrogen-bond donors (Lipinski definition) is 2. The molecule has 0 saturated carbocycles.